The molecule has 0 N–H and O–H groups in total. The van der Waals surface area contributed by atoms with Crippen molar-refractivity contribution in [3.8, 4) is 5.75 Å². The van der Waals surface area contributed by atoms with E-state index in [0.29, 0.717) is 22.7 Å². The Hall–Kier alpha value is -1.03. The molecule has 1 aromatic carbocycles. The smallest absolute Gasteiger partial charge is 0.257 e. The second-order valence-electron chi connectivity index (χ2n) is 4.40. The number of hydrogen-bond donors (Lipinski definition) is 0. The molecule has 1 amide bonds. The zero-order chi connectivity index (χ0) is 13.0. The van der Waals surface area contributed by atoms with Crippen LogP contribution in [-0.4, -0.2) is 35.3 Å². The number of piperidine rings is 1. The SMILES string of the molecule is CCOc1ccccc1C(=O)N1CCC(Br)CC1. The summed E-state index contributed by atoms with van der Waals surface area (Å²) in [5, 5.41) is 0. The Morgan fingerprint density at radius 2 is 2.06 bits per heavy atom. The van der Waals surface area contributed by atoms with Gasteiger partial charge in [-0.15, -0.1) is 0 Å². The largest absolute Gasteiger partial charge is 0.493 e. The summed E-state index contributed by atoms with van der Waals surface area (Å²) in [4.78, 5) is 14.9. The fraction of sp³-hybridized carbons (Fsp3) is 0.500. The molecule has 2 rings (SSSR count). The summed E-state index contributed by atoms with van der Waals surface area (Å²) in [7, 11) is 0. The van der Waals surface area contributed by atoms with Crippen molar-refractivity contribution in [3.05, 3.63) is 29.8 Å². The molecule has 1 aromatic rings. The third-order valence-electron chi connectivity index (χ3n) is 3.13. The zero-order valence-corrected chi connectivity index (χ0v) is 12.1. The number of rotatable bonds is 3. The van der Waals surface area contributed by atoms with Crippen LogP contribution in [-0.2, 0) is 0 Å². The molecular formula is C14H18BrNO2. The monoisotopic (exact) mass is 311 g/mol. The number of ether oxygens (including phenoxy) is 1. The Balaban J connectivity index is 2.13. The molecule has 1 aliphatic heterocycles. The van der Waals surface area contributed by atoms with Gasteiger partial charge in [-0.05, 0) is 31.9 Å². The van der Waals surface area contributed by atoms with Crippen molar-refractivity contribution in [3.63, 3.8) is 0 Å². The van der Waals surface area contributed by atoms with E-state index in [1.165, 1.54) is 0 Å². The van der Waals surface area contributed by atoms with Crippen LogP contribution in [0.15, 0.2) is 24.3 Å². The van der Waals surface area contributed by atoms with Crippen molar-refractivity contribution in [1.29, 1.82) is 0 Å². The number of likely N-dealkylation sites (tertiary alicyclic amines) is 1. The lowest BCUT2D eigenvalue weighted by Gasteiger charge is -2.30. The van der Waals surface area contributed by atoms with Crippen LogP contribution in [0.3, 0.4) is 0 Å². The van der Waals surface area contributed by atoms with Gasteiger partial charge in [-0.25, -0.2) is 0 Å². The maximum atomic E-state index is 12.4. The van der Waals surface area contributed by atoms with Gasteiger partial charge in [0, 0.05) is 17.9 Å². The first-order valence-corrected chi connectivity index (χ1v) is 7.29. The number of carbonyl (C=O) groups is 1. The Labute approximate surface area is 116 Å². The topological polar surface area (TPSA) is 29.5 Å². The third kappa shape index (κ3) is 3.05. The molecule has 1 heterocycles. The van der Waals surface area contributed by atoms with Crippen LogP contribution >= 0.6 is 15.9 Å². The number of hydrogen-bond acceptors (Lipinski definition) is 2. The van der Waals surface area contributed by atoms with Crippen LogP contribution in [0.2, 0.25) is 0 Å². The molecule has 0 spiro atoms. The van der Waals surface area contributed by atoms with Gasteiger partial charge in [-0.1, -0.05) is 28.1 Å². The van der Waals surface area contributed by atoms with E-state index >= 15 is 0 Å². The number of carbonyl (C=O) groups excluding carboxylic acids is 1. The van der Waals surface area contributed by atoms with Crippen molar-refractivity contribution in [1.82, 2.24) is 4.90 Å². The lowest BCUT2D eigenvalue weighted by Crippen LogP contribution is -2.38. The highest BCUT2D eigenvalue weighted by atomic mass is 79.9. The normalized spacial score (nSPS) is 16.7. The summed E-state index contributed by atoms with van der Waals surface area (Å²) in [6.07, 6.45) is 2.03. The molecule has 0 aromatic heterocycles. The molecule has 98 valence electrons. The summed E-state index contributed by atoms with van der Waals surface area (Å²) in [5.41, 5.74) is 0.673. The van der Waals surface area contributed by atoms with Crippen LogP contribution in [0.4, 0.5) is 0 Å². The van der Waals surface area contributed by atoms with Gasteiger partial charge < -0.3 is 9.64 Å². The van der Waals surface area contributed by atoms with Crippen molar-refractivity contribution >= 4 is 21.8 Å². The molecular weight excluding hydrogens is 294 g/mol. The Bertz CT molecular complexity index is 414. The van der Waals surface area contributed by atoms with Gasteiger partial charge in [0.05, 0.1) is 12.2 Å². The maximum Gasteiger partial charge on any atom is 0.257 e. The van der Waals surface area contributed by atoms with Gasteiger partial charge in [-0.2, -0.15) is 0 Å². The molecule has 1 saturated heterocycles. The summed E-state index contributed by atoms with van der Waals surface area (Å²) < 4.78 is 5.51. The van der Waals surface area contributed by atoms with Crippen LogP contribution in [0.25, 0.3) is 0 Å². The minimum absolute atomic E-state index is 0.0819. The molecule has 0 radical (unpaired) electrons. The first kappa shape index (κ1) is 13.4. The predicted octanol–water partition coefficient (Wildman–Crippen LogP) is 3.08. The lowest BCUT2D eigenvalue weighted by molar-refractivity contribution is 0.0724. The van der Waals surface area contributed by atoms with Crippen molar-refractivity contribution in [2.45, 2.75) is 24.6 Å². The first-order chi connectivity index (χ1) is 8.72. The fourth-order valence-corrected chi connectivity index (χ4v) is 2.56. The van der Waals surface area contributed by atoms with Gasteiger partial charge in [0.25, 0.3) is 5.91 Å². The van der Waals surface area contributed by atoms with E-state index in [4.69, 9.17) is 4.74 Å². The van der Waals surface area contributed by atoms with E-state index in [-0.39, 0.29) is 5.91 Å². The molecule has 0 unspecified atom stereocenters. The number of halogens is 1. The van der Waals surface area contributed by atoms with Crippen molar-refractivity contribution in [2.75, 3.05) is 19.7 Å². The van der Waals surface area contributed by atoms with Crippen LogP contribution in [0.5, 0.6) is 5.75 Å². The van der Waals surface area contributed by atoms with Gasteiger partial charge in [0.1, 0.15) is 5.75 Å². The zero-order valence-electron chi connectivity index (χ0n) is 10.6. The van der Waals surface area contributed by atoms with Crippen molar-refractivity contribution in [2.24, 2.45) is 0 Å². The van der Waals surface area contributed by atoms with Crippen LogP contribution < -0.4 is 4.74 Å². The van der Waals surface area contributed by atoms with Crippen molar-refractivity contribution < 1.29 is 9.53 Å². The maximum absolute atomic E-state index is 12.4. The first-order valence-electron chi connectivity index (χ1n) is 6.37. The fourth-order valence-electron chi connectivity index (χ4n) is 2.15. The number of benzene rings is 1. The van der Waals surface area contributed by atoms with Gasteiger partial charge >= 0.3 is 0 Å². The van der Waals surface area contributed by atoms with Gasteiger partial charge in [0.2, 0.25) is 0 Å². The second-order valence-corrected chi connectivity index (χ2v) is 5.69. The number of amides is 1. The number of alkyl halides is 1. The summed E-state index contributed by atoms with van der Waals surface area (Å²) >= 11 is 3.60. The molecule has 3 nitrogen and oxygen atoms in total. The van der Waals surface area contributed by atoms with E-state index < -0.39 is 0 Å². The summed E-state index contributed by atoms with van der Waals surface area (Å²) in [6.45, 7) is 4.13. The average Bonchev–Trinajstić information content (AvgIpc) is 2.40. The Morgan fingerprint density at radius 3 is 2.72 bits per heavy atom. The average molecular weight is 312 g/mol. The van der Waals surface area contributed by atoms with E-state index in [9.17, 15) is 4.79 Å². The standard InChI is InChI=1S/C14H18BrNO2/c1-2-18-13-6-4-3-5-12(13)14(17)16-9-7-11(15)8-10-16/h3-6,11H,2,7-10H2,1H3. The second kappa shape index (κ2) is 6.23. The molecule has 0 saturated carbocycles. The highest BCUT2D eigenvalue weighted by Crippen LogP contribution is 2.23. The Kier molecular flexibility index (Phi) is 4.64. The highest BCUT2D eigenvalue weighted by molar-refractivity contribution is 9.09. The third-order valence-corrected chi connectivity index (χ3v) is 4.04. The van der Waals surface area contributed by atoms with Gasteiger partial charge in [0.15, 0.2) is 0 Å². The van der Waals surface area contributed by atoms with Crippen LogP contribution in [0.1, 0.15) is 30.1 Å². The number of nitrogens with zero attached hydrogens (tertiary/aromatic N) is 1. The van der Waals surface area contributed by atoms with Gasteiger partial charge in [-0.3, -0.25) is 4.79 Å². The molecule has 1 aliphatic rings. The molecule has 18 heavy (non-hydrogen) atoms. The van der Waals surface area contributed by atoms with E-state index in [0.717, 1.165) is 25.9 Å². The lowest BCUT2D eigenvalue weighted by atomic mass is 10.1. The predicted molar refractivity (Wildman–Crippen MR) is 75.5 cm³/mol. The van der Waals surface area contributed by atoms with E-state index in [2.05, 4.69) is 15.9 Å². The summed E-state index contributed by atoms with van der Waals surface area (Å²) in [6, 6.07) is 7.47. The minimum atomic E-state index is 0.0819. The molecule has 1 fully saturated rings. The highest BCUT2D eigenvalue weighted by Gasteiger charge is 2.23. The quantitative estimate of drug-likeness (QED) is 0.803. The molecule has 0 atom stereocenters. The van der Waals surface area contributed by atoms with E-state index in [1.54, 1.807) is 0 Å². The molecule has 0 bridgehead atoms. The Morgan fingerprint density at radius 1 is 1.39 bits per heavy atom. The van der Waals surface area contributed by atoms with E-state index in [1.807, 2.05) is 36.1 Å². The molecule has 4 heteroatoms. The molecule has 0 aliphatic carbocycles. The minimum Gasteiger partial charge on any atom is -0.493 e. The van der Waals surface area contributed by atoms with Crippen LogP contribution in [0, 0.1) is 0 Å². The summed E-state index contributed by atoms with van der Waals surface area (Å²) in [5.74, 6) is 0.768. The number of para-hydroxylation sites is 1.